The van der Waals surface area contributed by atoms with E-state index in [1.165, 1.54) is 0 Å². The molecule has 4 heteroatoms. The van der Waals surface area contributed by atoms with Crippen LogP contribution in [-0.4, -0.2) is 43.6 Å². The van der Waals surface area contributed by atoms with E-state index < -0.39 is 0 Å². The standard InChI is InChI=1S/C16H20N2O2/c1-4-8-16(19)17(3)11-13-12-18(5-2)14-9-6-7-10-15(14)20-13/h6-7,9-10,13H,5,11-12H2,1-3H3. The highest BCUT2D eigenvalue weighted by Crippen LogP contribution is 2.32. The Morgan fingerprint density at radius 3 is 2.95 bits per heavy atom. The summed E-state index contributed by atoms with van der Waals surface area (Å²) in [5.41, 5.74) is 1.12. The quantitative estimate of drug-likeness (QED) is 0.786. The minimum absolute atomic E-state index is 0.0301. The van der Waals surface area contributed by atoms with Crippen LogP contribution in [0.15, 0.2) is 24.3 Å². The van der Waals surface area contributed by atoms with Crippen LogP contribution in [0.1, 0.15) is 13.8 Å². The van der Waals surface area contributed by atoms with Gasteiger partial charge in [0.25, 0.3) is 5.91 Å². The molecule has 1 heterocycles. The van der Waals surface area contributed by atoms with Gasteiger partial charge in [-0.1, -0.05) is 18.1 Å². The second-order valence-corrected chi connectivity index (χ2v) is 4.81. The average Bonchev–Trinajstić information content (AvgIpc) is 2.46. The van der Waals surface area contributed by atoms with Gasteiger partial charge in [0.1, 0.15) is 11.9 Å². The van der Waals surface area contributed by atoms with E-state index in [-0.39, 0.29) is 12.0 Å². The number of amides is 1. The number of likely N-dealkylation sites (N-methyl/N-ethyl adjacent to an activating group) is 2. The number of hydrogen-bond acceptors (Lipinski definition) is 3. The first-order valence-electron chi connectivity index (χ1n) is 6.84. The van der Waals surface area contributed by atoms with Gasteiger partial charge in [0.15, 0.2) is 0 Å². The molecule has 0 radical (unpaired) electrons. The Bertz CT molecular complexity index is 545. The van der Waals surface area contributed by atoms with Crippen molar-refractivity contribution < 1.29 is 9.53 Å². The van der Waals surface area contributed by atoms with Crippen molar-refractivity contribution in [3.8, 4) is 17.6 Å². The van der Waals surface area contributed by atoms with Gasteiger partial charge in [-0.05, 0) is 31.9 Å². The van der Waals surface area contributed by atoms with E-state index in [1.54, 1.807) is 18.9 Å². The van der Waals surface area contributed by atoms with Crippen LogP contribution in [0.5, 0.6) is 5.75 Å². The molecule has 1 aliphatic heterocycles. The third-order valence-electron chi connectivity index (χ3n) is 3.36. The molecule has 0 aliphatic carbocycles. The summed E-state index contributed by atoms with van der Waals surface area (Å²) >= 11 is 0. The maximum atomic E-state index is 11.7. The molecule has 0 fully saturated rings. The molecule has 1 aromatic carbocycles. The summed E-state index contributed by atoms with van der Waals surface area (Å²) < 4.78 is 5.98. The number of ether oxygens (including phenoxy) is 1. The van der Waals surface area contributed by atoms with Gasteiger partial charge in [-0.25, -0.2) is 0 Å². The van der Waals surface area contributed by atoms with Gasteiger partial charge in [0, 0.05) is 13.6 Å². The number of rotatable bonds is 3. The topological polar surface area (TPSA) is 32.8 Å². The summed E-state index contributed by atoms with van der Waals surface area (Å²) in [6.07, 6.45) is -0.0301. The lowest BCUT2D eigenvalue weighted by atomic mass is 10.2. The maximum absolute atomic E-state index is 11.7. The van der Waals surface area contributed by atoms with Crippen LogP contribution >= 0.6 is 0 Å². The van der Waals surface area contributed by atoms with Gasteiger partial charge >= 0.3 is 0 Å². The molecule has 4 nitrogen and oxygen atoms in total. The minimum atomic E-state index is -0.169. The summed E-state index contributed by atoms with van der Waals surface area (Å²) in [4.78, 5) is 15.6. The zero-order valence-electron chi connectivity index (χ0n) is 12.2. The molecule has 20 heavy (non-hydrogen) atoms. The third kappa shape index (κ3) is 3.05. The minimum Gasteiger partial charge on any atom is -0.485 e. The van der Waals surface area contributed by atoms with Crippen molar-refractivity contribution in [3.63, 3.8) is 0 Å². The molecule has 1 atom stereocenters. The van der Waals surface area contributed by atoms with E-state index in [1.807, 2.05) is 18.2 Å². The number of carbonyl (C=O) groups is 1. The molecular formula is C16H20N2O2. The predicted octanol–water partition coefficient (Wildman–Crippen LogP) is 1.76. The number of benzene rings is 1. The van der Waals surface area contributed by atoms with Crippen LogP contribution in [-0.2, 0) is 4.79 Å². The summed E-state index contributed by atoms with van der Waals surface area (Å²) in [6.45, 7) is 6.03. The highest BCUT2D eigenvalue weighted by Gasteiger charge is 2.26. The molecule has 0 bridgehead atoms. The average molecular weight is 272 g/mol. The number of para-hydroxylation sites is 2. The number of anilines is 1. The molecule has 1 aromatic rings. The molecule has 0 spiro atoms. The van der Waals surface area contributed by atoms with Gasteiger partial charge in [-0.2, -0.15) is 0 Å². The second kappa shape index (κ2) is 6.33. The van der Waals surface area contributed by atoms with Crippen molar-refractivity contribution in [2.24, 2.45) is 0 Å². The fourth-order valence-electron chi connectivity index (χ4n) is 2.36. The second-order valence-electron chi connectivity index (χ2n) is 4.81. The molecule has 1 amide bonds. The summed E-state index contributed by atoms with van der Waals surface area (Å²) in [5, 5.41) is 0. The largest absolute Gasteiger partial charge is 0.485 e. The van der Waals surface area contributed by atoms with E-state index >= 15 is 0 Å². The Morgan fingerprint density at radius 1 is 1.50 bits per heavy atom. The first kappa shape index (κ1) is 14.3. The van der Waals surface area contributed by atoms with Gasteiger partial charge in [0.05, 0.1) is 18.8 Å². The molecule has 0 aromatic heterocycles. The Morgan fingerprint density at radius 2 is 2.25 bits per heavy atom. The van der Waals surface area contributed by atoms with E-state index in [9.17, 15) is 4.79 Å². The Kier molecular flexibility index (Phi) is 4.52. The zero-order valence-corrected chi connectivity index (χ0v) is 12.2. The third-order valence-corrected chi connectivity index (χ3v) is 3.36. The van der Waals surface area contributed by atoms with E-state index in [2.05, 4.69) is 29.7 Å². The lowest BCUT2D eigenvalue weighted by molar-refractivity contribution is -0.124. The molecule has 106 valence electrons. The van der Waals surface area contributed by atoms with Crippen LogP contribution in [0.25, 0.3) is 0 Å². The highest BCUT2D eigenvalue weighted by molar-refractivity contribution is 5.93. The van der Waals surface area contributed by atoms with Crippen LogP contribution < -0.4 is 9.64 Å². The van der Waals surface area contributed by atoms with E-state index in [0.717, 1.165) is 24.5 Å². The van der Waals surface area contributed by atoms with Crippen molar-refractivity contribution >= 4 is 11.6 Å². The zero-order chi connectivity index (χ0) is 14.5. The molecule has 1 aliphatic rings. The molecule has 1 unspecified atom stereocenters. The number of carbonyl (C=O) groups excluding carboxylic acids is 1. The van der Waals surface area contributed by atoms with Gasteiger partial charge in [-0.15, -0.1) is 0 Å². The highest BCUT2D eigenvalue weighted by atomic mass is 16.5. The van der Waals surface area contributed by atoms with E-state index in [4.69, 9.17) is 4.74 Å². The van der Waals surface area contributed by atoms with E-state index in [0.29, 0.717) is 6.54 Å². The summed E-state index contributed by atoms with van der Waals surface area (Å²) in [5.74, 6) is 5.89. The smallest absolute Gasteiger partial charge is 0.298 e. The van der Waals surface area contributed by atoms with Crippen LogP contribution in [0.4, 0.5) is 5.69 Å². The Hall–Kier alpha value is -2.15. The molecule has 0 saturated carbocycles. The monoisotopic (exact) mass is 272 g/mol. The molecule has 2 rings (SSSR count). The Balaban J connectivity index is 2.09. The van der Waals surface area contributed by atoms with Crippen molar-refractivity contribution in [2.45, 2.75) is 20.0 Å². The first-order valence-corrected chi connectivity index (χ1v) is 6.84. The summed E-state index contributed by atoms with van der Waals surface area (Å²) in [6, 6.07) is 8.01. The fraction of sp³-hybridized carbons (Fsp3) is 0.438. The van der Waals surface area contributed by atoms with Gasteiger partial charge in [0.2, 0.25) is 0 Å². The first-order chi connectivity index (χ1) is 9.65. The molecule has 0 saturated heterocycles. The molecular weight excluding hydrogens is 252 g/mol. The SMILES string of the molecule is CC#CC(=O)N(C)CC1CN(CC)c2ccccc2O1. The van der Waals surface area contributed by atoms with Crippen molar-refractivity contribution in [3.05, 3.63) is 24.3 Å². The van der Waals surface area contributed by atoms with Crippen LogP contribution in [0.3, 0.4) is 0 Å². The van der Waals surface area contributed by atoms with Crippen molar-refractivity contribution in [2.75, 3.05) is 31.6 Å². The lowest BCUT2D eigenvalue weighted by Gasteiger charge is -2.36. The van der Waals surface area contributed by atoms with Gasteiger partial charge < -0.3 is 14.5 Å². The molecule has 0 N–H and O–H groups in total. The number of hydrogen-bond donors (Lipinski definition) is 0. The number of fused-ring (bicyclic) bond motifs is 1. The predicted molar refractivity (Wildman–Crippen MR) is 79.8 cm³/mol. The Labute approximate surface area is 120 Å². The van der Waals surface area contributed by atoms with Crippen LogP contribution in [0.2, 0.25) is 0 Å². The fourth-order valence-corrected chi connectivity index (χ4v) is 2.36. The van der Waals surface area contributed by atoms with Crippen molar-refractivity contribution in [1.29, 1.82) is 0 Å². The van der Waals surface area contributed by atoms with Gasteiger partial charge in [-0.3, -0.25) is 4.79 Å². The van der Waals surface area contributed by atoms with Crippen LogP contribution in [0, 0.1) is 11.8 Å². The van der Waals surface area contributed by atoms with Crippen molar-refractivity contribution in [1.82, 2.24) is 4.90 Å². The summed E-state index contributed by atoms with van der Waals surface area (Å²) in [7, 11) is 1.76. The normalized spacial score (nSPS) is 16.6. The maximum Gasteiger partial charge on any atom is 0.298 e. The lowest BCUT2D eigenvalue weighted by Crippen LogP contribution is -2.46. The number of nitrogens with zero attached hydrogens (tertiary/aromatic N) is 2.